The zero-order valence-electron chi connectivity index (χ0n) is 35.0. The summed E-state index contributed by atoms with van der Waals surface area (Å²) in [4.78, 5) is 0. The number of hydrogen-bond acceptors (Lipinski definition) is 0. The number of unbranched alkanes of at least 4 members (excludes halogenated alkanes) is 6. The van der Waals surface area contributed by atoms with E-state index >= 15 is 0 Å². The summed E-state index contributed by atoms with van der Waals surface area (Å²) in [6.07, 6.45) is 22.3. The van der Waals surface area contributed by atoms with Gasteiger partial charge in [-0.1, -0.05) is 152 Å². The van der Waals surface area contributed by atoms with Crippen molar-refractivity contribution in [2.75, 3.05) is 55.4 Å². The molecule has 2 heteroatoms. The van der Waals surface area contributed by atoms with E-state index in [2.05, 4.69) is 169 Å². The SMILES string of the molecule is CC(C)(C)C=Cc1ccc2c(c1)C(CCCCCC[N+](C)(C)C)(CCCCCC[N+](C)(C)C)c1cc(C=Cc3ccc(C(C)(C)C)cc3)ccc1-2. The fourth-order valence-corrected chi connectivity index (χ4v) is 7.77. The topological polar surface area (TPSA) is 0 Å². The van der Waals surface area contributed by atoms with Gasteiger partial charge in [-0.3, -0.25) is 0 Å². The van der Waals surface area contributed by atoms with Crippen LogP contribution in [0.2, 0.25) is 0 Å². The minimum atomic E-state index is 0.0502. The second kappa shape index (κ2) is 16.8. The summed E-state index contributed by atoms with van der Waals surface area (Å²) < 4.78 is 2.11. The summed E-state index contributed by atoms with van der Waals surface area (Å²) in [5.74, 6) is 0. The molecule has 0 saturated carbocycles. The van der Waals surface area contributed by atoms with Crippen molar-refractivity contribution < 1.29 is 8.97 Å². The molecule has 0 radical (unpaired) electrons. The fraction of sp³-hybridized carbons (Fsp3) is 0.551. The molecule has 0 atom stereocenters. The van der Waals surface area contributed by atoms with Crippen LogP contribution in [0.25, 0.3) is 29.4 Å². The molecule has 0 fully saturated rings. The smallest absolute Gasteiger partial charge is 0.0780 e. The van der Waals surface area contributed by atoms with E-state index < -0.39 is 0 Å². The van der Waals surface area contributed by atoms with Gasteiger partial charge in [0.15, 0.2) is 0 Å². The van der Waals surface area contributed by atoms with Crippen LogP contribution >= 0.6 is 0 Å². The Kier molecular flexibility index (Phi) is 13.5. The maximum Gasteiger partial charge on any atom is 0.0780 e. The number of rotatable bonds is 17. The standard InChI is InChI=1S/C49H74N2/c1-47(2,3)34-31-41-26-30-44-43-29-25-40(22-21-39-23-27-42(28-24-39)48(4,5)6)37-45(43)49(46(44)38-41,32-17-13-15-19-35-50(7,8)9)33-18-14-16-20-36-51(10,11)12/h21-31,34,37-38H,13-20,32-33,35-36H2,1-12H3/q+2. The molecule has 278 valence electrons. The normalized spacial score (nSPS) is 14.8. The molecule has 3 aromatic carbocycles. The van der Waals surface area contributed by atoms with Crippen molar-refractivity contribution in [2.24, 2.45) is 5.41 Å². The second-order valence-electron chi connectivity index (χ2n) is 20.0. The van der Waals surface area contributed by atoms with Crippen molar-refractivity contribution in [1.82, 2.24) is 0 Å². The van der Waals surface area contributed by atoms with Crippen LogP contribution in [0, 0.1) is 5.41 Å². The van der Waals surface area contributed by atoms with Gasteiger partial charge in [0.2, 0.25) is 0 Å². The number of benzene rings is 3. The van der Waals surface area contributed by atoms with Crippen LogP contribution in [-0.2, 0) is 10.8 Å². The number of fused-ring (bicyclic) bond motifs is 3. The Labute approximate surface area is 314 Å². The number of nitrogens with zero attached hydrogens (tertiary/aromatic N) is 2. The maximum atomic E-state index is 2.57. The molecule has 3 aromatic rings. The number of allylic oxidation sites excluding steroid dienone is 1. The van der Waals surface area contributed by atoms with Gasteiger partial charge in [0.1, 0.15) is 0 Å². The van der Waals surface area contributed by atoms with E-state index in [1.165, 1.54) is 111 Å². The molecule has 4 rings (SSSR count). The molecule has 0 spiro atoms. The van der Waals surface area contributed by atoms with E-state index in [1.807, 2.05) is 0 Å². The fourth-order valence-electron chi connectivity index (χ4n) is 7.77. The maximum absolute atomic E-state index is 2.57. The van der Waals surface area contributed by atoms with Crippen LogP contribution in [0.15, 0.2) is 66.7 Å². The van der Waals surface area contributed by atoms with Crippen molar-refractivity contribution in [3.05, 3.63) is 100 Å². The van der Waals surface area contributed by atoms with Crippen LogP contribution in [0.3, 0.4) is 0 Å². The van der Waals surface area contributed by atoms with Gasteiger partial charge in [-0.05, 0) is 93.9 Å². The van der Waals surface area contributed by atoms with Gasteiger partial charge in [0, 0.05) is 5.41 Å². The van der Waals surface area contributed by atoms with Crippen molar-refractivity contribution >= 4 is 18.2 Å². The first kappa shape index (κ1) is 40.8. The summed E-state index contributed by atoms with van der Waals surface area (Å²) in [6, 6.07) is 23.8. The van der Waals surface area contributed by atoms with Gasteiger partial charge in [0.25, 0.3) is 0 Å². The van der Waals surface area contributed by atoms with Crippen LogP contribution < -0.4 is 0 Å². The Hall–Kier alpha value is -2.94. The Morgan fingerprint density at radius 2 is 0.902 bits per heavy atom. The van der Waals surface area contributed by atoms with Crippen molar-refractivity contribution in [3.63, 3.8) is 0 Å². The molecule has 2 nitrogen and oxygen atoms in total. The third kappa shape index (κ3) is 12.3. The zero-order valence-corrected chi connectivity index (χ0v) is 35.0. The number of quaternary nitrogens is 2. The molecular weight excluding hydrogens is 617 g/mol. The summed E-state index contributed by atoms with van der Waals surface area (Å²) in [5, 5.41) is 0. The van der Waals surface area contributed by atoms with Gasteiger partial charge < -0.3 is 8.97 Å². The average Bonchev–Trinajstić information content (AvgIpc) is 3.29. The molecule has 0 heterocycles. The minimum absolute atomic E-state index is 0.0502. The van der Waals surface area contributed by atoms with E-state index in [0.29, 0.717) is 0 Å². The van der Waals surface area contributed by atoms with Gasteiger partial charge in [0.05, 0.1) is 55.4 Å². The van der Waals surface area contributed by atoms with Crippen LogP contribution in [-0.4, -0.2) is 64.3 Å². The van der Waals surface area contributed by atoms with E-state index in [4.69, 9.17) is 0 Å². The molecule has 51 heavy (non-hydrogen) atoms. The molecule has 0 N–H and O–H groups in total. The molecule has 0 aliphatic heterocycles. The highest BCUT2D eigenvalue weighted by molar-refractivity contribution is 5.84. The van der Waals surface area contributed by atoms with E-state index in [-0.39, 0.29) is 16.2 Å². The predicted octanol–water partition coefficient (Wildman–Crippen LogP) is 12.8. The average molecular weight is 691 g/mol. The summed E-state index contributed by atoms with van der Waals surface area (Å²) >= 11 is 0. The van der Waals surface area contributed by atoms with Crippen LogP contribution in [0.1, 0.15) is 139 Å². The molecule has 1 aliphatic carbocycles. The molecule has 1 aliphatic rings. The molecule has 0 aromatic heterocycles. The van der Waals surface area contributed by atoms with Gasteiger partial charge in [-0.25, -0.2) is 0 Å². The Morgan fingerprint density at radius 1 is 0.490 bits per heavy atom. The summed E-state index contributed by atoms with van der Waals surface area (Å²) in [6.45, 7) is 16.2. The quantitative estimate of drug-likeness (QED) is 0.0751. The Bertz CT molecular complexity index is 1580. The number of hydrogen-bond donors (Lipinski definition) is 0. The third-order valence-electron chi connectivity index (χ3n) is 10.8. The summed E-state index contributed by atoms with van der Waals surface area (Å²) in [5.41, 5.74) is 11.7. The van der Waals surface area contributed by atoms with Gasteiger partial charge in [-0.15, -0.1) is 0 Å². The van der Waals surface area contributed by atoms with Crippen molar-refractivity contribution in [1.29, 1.82) is 0 Å². The van der Waals surface area contributed by atoms with Gasteiger partial charge >= 0.3 is 0 Å². The van der Waals surface area contributed by atoms with E-state index in [1.54, 1.807) is 11.1 Å². The van der Waals surface area contributed by atoms with Crippen molar-refractivity contribution in [3.8, 4) is 11.1 Å². The first-order valence-corrected chi connectivity index (χ1v) is 20.1. The second-order valence-corrected chi connectivity index (χ2v) is 20.0. The van der Waals surface area contributed by atoms with Gasteiger partial charge in [-0.2, -0.15) is 0 Å². The minimum Gasteiger partial charge on any atom is -0.331 e. The van der Waals surface area contributed by atoms with Crippen LogP contribution in [0.5, 0.6) is 0 Å². The van der Waals surface area contributed by atoms with E-state index in [9.17, 15) is 0 Å². The predicted molar refractivity (Wildman–Crippen MR) is 227 cm³/mol. The Morgan fingerprint density at radius 3 is 1.33 bits per heavy atom. The highest BCUT2D eigenvalue weighted by Gasteiger charge is 2.42. The zero-order chi connectivity index (χ0) is 37.5. The molecular formula is C49H74N2+2. The third-order valence-corrected chi connectivity index (χ3v) is 10.8. The molecule has 0 saturated heterocycles. The lowest BCUT2D eigenvalue weighted by Crippen LogP contribution is -2.35. The first-order valence-electron chi connectivity index (χ1n) is 20.1. The highest BCUT2D eigenvalue weighted by Crippen LogP contribution is 2.55. The lowest BCUT2D eigenvalue weighted by Gasteiger charge is -2.33. The largest absolute Gasteiger partial charge is 0.331 e. The molecule has 0 bridgehead atoms. The van der Waals surface area contributed by atoms with E-state index in [0.717, 1.165) is 8.97 Å². The monoisotopic (exact) mass is 691 g/mol. The van der Waals surface area contributed by atoms with Crippen LogP contribution in [0.4, 0.5) is 0 Å². The molecule has 0 unspecified atom stereocenters. The van der Waals surface area contributed by atoms with Crippen molar-refractivity contribution in [2.45, 2.75) is 117 Å². The molecule has 0 amide bonds. The lowest BCUT2D eigenvalue weighted by atomic mass is 9.70. The highest BCUT2D eigenvalue weighted by atomic mass is 15.3. The first-order chi connectivity index (χ1) is 23.8. The summed E-state index contributed by atoms with van der Waals surface area (Å²) in [7, 11) is 13.9. The Balaban J connectivity index is 1.70. The lowest BCUT2D eigenvalue weighted by molar-refractivity contribution is -0.870.